The fourth-order valence-electron chi connectivity index (χ4n) is 0.989. The van der Waals surface area contributed by atoms with Crippen molar-refractivity contribution in [1.29, 1.82) is 0 Å². The molecule has 1 amide bonds. The molecule has 0 radical (unpaired) electrons. The van der Waals surface area contributed by atoms with Crippen molar-refractivity contribution in [2.45, 2.75) is 6.92 Å². The quantitative estimate of drug-likeness (QED) is 0.532. The van der Waals surface area contributed by atoms with Crippen LogP contribution in [0.2, 0.25) is 0 Å². The van der Waals surface area contributed by atoms with E-state index < -0.39 is 0 Å². The maximum atomic E-state index is 11.2. The SMILES string of the molecule is CC(=S)C(=O)N1CCOCC1. The third-order valence-electron chi connectivity index (χ3n) is 1.60. The lowest BCUT2D eigenvalue weighted by atomic mass is 10.3. The van der Waals surface area contributed by atoms with Gasteiger partial charge in [-0.05, 0) is 6.92 Å². The second kappa shape index (κ2) is 3.78. The van der Waals surface area contributed by atoms with E-state index in [-0.39, 0.29) is 5.91 Å². The first-order valence-electron chi connectivity index (χ1n) is 3.59. The summed E-state index contributed by atoms with van der Waals surface area (Å²) < 4.78 is 5.09. The lowest BCUT2D eigenvalue weighted by Gasteiger charge is -2.26. The third-order valence-corrected chi connectivity index (χ3v) is 1.77. The van der Waals surface area contributed by atoms with E-state index in [1.165, 1.54) is 0 Å². The first-order chi connectivity index (χ1) is 5.22. The predicted octanol–water partition coefficient (Wildman–Crippen LogP) is 0.235. The number of thiocarbonyl (C=S) groups is 1. The van der Waals surface area contributed by atoms with Gasteiger partial charge in [0.25, 0.3) is 5.91 Å². The molecule has 0 aromatic heterocycles. The van der Waals surface area contributed by atoms with Crippen LogP contribution in [0, 0.1) is 0 Å². The third kappa shape index (κ3) is 2.24. The van der Waals surface area contributed by atoms with Crippen molar-refractivity contribution in [2.75, 3.05) is 26.3 Å². The maximum Gasteiger partial charge on any atom is 0.260 e. The lowest BCUT2D eigenvalue weighted by molar-refractivity contribution is -0.127. The summed E-state index contributed by atoms with van der Waals surface area (Å²) >= 11 is 4.77. The van der Waals surface area contributed by atoms with Crippen LogP contribution in [0.3, 0.4) is 0 Å². The van der Waals surface area contributed by atoms with Crippen molar-refractivity contribution in [2.24, 2.45) is 0 Å². The maximum absolute atomic E-state index is 11.2. The second-order valence-electron chi connectivity index (χ2n) is 2.46. The standard InChI is InChI=1S/C7H11NO2S/c1-6(11)7(9)8-2-4-10-5-3-8/h2-5H2,1H3. The molecule has 0 aliphatic carbocycles. The zero-order valence-corrected chi connectivity index (χ0v) is 7.32. The van der Waals surface area contributed by atoms with E-state index in [0.717, 1.165) is 0 Å². The summed E-state index contributed by atoms with van der Waals surface area (Å²) in [6.45, 7) is 4.27. The van der Waals surface area contributed by atoms with Gasteiger partial charge in [0.05, 0.1) is 18.1 Å². The minimum Gasteiger partial charge on any atom is -0.378 e. The first-order valence-corrected chi connectivity index (χ1v) is 4.00. The number of carbonyl (C=O) groups is 1. The Morgan fingerprint density at radius 2 is 2.00 bits per heavy atom. The first kappa shape index (κ1) is 8.62. The van der Waals surface area contributed by atoms with Crippen LogP contribution in [-0.4, -0.2) is 42.0 Å². The van der Waals surface area contributed by atoms with Gasteiger partial charge >= 0.3 is 0 Å². The van der Waals surface area contributed by atoms with Gasteiger partial charge in [-0.2, -0.15) is 0 Å². The summed E-state index contributed by atoms with van der Waals surface area (Å²) in [5.41, 5.74) is 0. The normalized spacial score (nSPS) is 18.1. The van der Waals surface area contributed by atoms with Gasteiger partial charge in [0.15, 0.2) is 0 Å². The van der Waals surface area contributed by atoms with E-state index >= 15 is 0 Å². The molecule has 11 heavy (non-hydrogen) atoms. The van der Waals surface area contributed by atoms with E-state index in [2.05, 4.69) is 0 Å². The average molecular weight is 173 g/mol. The van der Waals surface area contributed by atoms with Gasteiger partial charge in [-0.25, -0.2) is 0 Å². The van der Waals surface area contributed by atoms with Crippen molar-refractivity contribution < 1.29 is 9.53 Å². The zero-order valence-electron chi connectivity index (χ0n) is 6.50. The highest BCUT2D eigenvalue weighted by atomic mass is 32.1. The molecule has 0 spiro atoms. The molecule has 1 saturated heterocycles. The molecule has 4 heteroatoms. The highest BCUT2D eigenvalue weighted by Crippen LogP contribution is 1.98. The summed E-state index contributed by atoms with van der Waals surface area (Å²) in [7, 11) is 0. The summed E-state index contributed by atoms with van der Waals surface area (Å²) in [5.74, 6) is -0.0247. The molecule has 0 aromatic rings. The number of hydrogen-bond acceptors (Lipinski definition) is 3. The average Bonchev–Trinajstić information content (AvgIpc) is 2.05. The number of carbonyl (C=O) groups excluding carboxylic acids is 1. The molecule has 0 bridgehead atoms. The van der Waals surface area contributed by atoms with Gasteiger partial charge < -0.3 is 9.64 Å². The minimum absolute atomic E-state index is 0.0247. The van der Waals surface area contributed by atoms with E-state index in [4.69, 9.17) is 17.0 Å². The van der Waals surface area contributed by atoms with Gasteiger partial charge in [0.2, 0.25) is 0 Å². The largest absolute Gasteiger partial charge is 0.378 e. The monoisotopic (exact) mass is 173 g/mol. The molecule has 0 aromatic carbocycles. The van der Waals surface area contributed by atoms with Gasteiger partial charge in [0, 0.05) is 13.1 Å². The molecule has 1 aliphatic heterocycles. The predicted molar refractivity (Wildman–Crippen MR) is 45.7 cm³/mol. The number of morpholine rings is 1. The fraction of sp³-hybridized carbons (Fsp3) is 0.714. The Hall–Kier alpha value is -0.480. The van der Waals surface area contributed by atoms with Crippen molar-refractivity contribution >= 4 is 23.0 Å². The van der Waals surface area contributed by atoms with Crippen LogP contribution in [-0.2, 0) is 9.53 Å². The van der Waals surface area contributed by atoms with Gasteiger partial charge in [-0.15, -0.1) is 0 Å². The van der Waals surface area contributed by atoms with Crippen LogP contribution in [0.5, 0.6) is 0 Å². The number of rotatable bonds is 1. The van der Waals surface area contributed by atoms with Gasteiger partial charge in [-0.1, -0.05) is 12.2 Å². The topological polar surface area (TPSA) is 29.5 Å². The Balaban J connectivity index is 2.45. The summed E-state index contributed by atoms with van der Waals surface area (Å²) in [6.07, 6.45) is 0. The van der Waals surface area contributed by atoms with Crippen molar-refractivity contribution in [1.82, 2.24) is 4.90 Å². The molecule has 0 N–H and O–H groups in total. The smallest absolute Gasteiger partial charge is 0.260 e. The van der Waals surface area contributed by atoms with E-state index in [1.807, 2.05) is 0 Å². The van der Waals surface area contributed by atoms with Crippen LogP contribution in [0.1, 0.15) is 6.92 Å². The van der Waals surface area contributed by atoms with Crippen LogP contribution in [0.4, 0.5) is 0 Å². The molecular weight excluding hydrogens is 162 g/mol. The highest BCUT2D eigenvalue weighted by Gasteiger charge is 2.17. The van der Waals surface area contributed by atoms with Crippen LogP contribution >= 0.6 is 12.2 Å². The van der Waals surface area contributed by atoms with Crippen LogP contribution in [0.25, 0.3) is 0 Å². The number of nitrogens with zero attached hydrogens (tertiary/aromatic N) is 1. The molecule has 0 unspecified atom stereocenters. The van der Waals surface area contributed by atoms with Crippen molar-refractivity contribution in [3.63, 3.8) is 0 Å². The lowest BCUT2D eigenvalue weighted by Crippen LogP contribution is -2.42. The summed E-state index contributed by atoms with van der Waals surface area (Å²) in [4.78, 5) is 13.4. The Bertz CT molecular complexity index is 175. The van der Waals surface area contributed by atoms with E-state index in [1.54, 1.807) is 11.8 Å². The highest BCUT2D eigenvalue weighted by molar-refractivity contribution is 7.82. The zero-order chi connectivity index (χ0) is 8.27. The molecule has 1 fully saturated rings. The molecule has 1 aliphatic rings. The summed E-state index contributed by atoms with van der Waals surface area (Å²) in [6, 6.07) is 0. The minimum atomic E-state index is -0.0247. The van der Waals surface area contributed by atoms with E-state index in [9.17, 15) is 4.79 Å². The van der Waals surface area contributed by atoms with Crippen LogP contribution < -0.4 is 0 Å². The Morgan fingerprint density at radius 3 is 2.45 bits per heavy atom. The number of amides is 1. The van der Waals surface area contributed by atoms with E-state index in [0.29, 0.717) is 31.2 Å². The molecule has 62 valence electrons. The van der Waals surface area contributed by atoms with Crippen molar-refractivity contribution in [3.8, 4) is 0 Å². The molecule has 0 atom stereocenters. The molecule has 0 saturated carbocycles. The van der Waals surface area contributed by atoms with Crippen molar-refractivity contribution in [3.05, 3.63) is 0 Å². The molecular formula is C7H11NO2S. The molecule has 1 rings (SSSR count). The molecule has 3 nitrogen and oxygen atoms in total. The Morgan fingerprint density at radius 1 is 1.45 bits per heavy atom. The Labute approximate surface area is 71.3 Å². The number of ether oxygens (including phenoxy) is 1. The fourth-order valence-corrected chi connectivity index (χ4v) is 1.12. The van der Waals surface area contributed by atoms with Gasteiger partial charge in [-0.3, -0.25) is 4.79 Å². The number of hydrogen-bond donors (Lipinski definition) is 0. The summed E-state index contributed by atoms with van der Waals surface area (Å²) in [5, 5.41) is 0. The Kier molecular flexibility index (Phi) is 2.96. The van der Waals surface area contributed by atoms with Crippen LogP contribution in [0.15, 0.2) is 0 Å². The van der Waals surface area contributed by atoms with Gasteiger partial charge in [0.1, 0.15) is 0 Å². The second-order valence-corrected chi connectivity index (χ2v) is 3.07. The molecule has 1 heterocycles.